The van der Waals surface area contributed by atoms with E-state index >= 15 is 0 Å². The Balaban J connectivity index is 2.04. The molecule has 0 spiro atoms. The number of aryl methyl sites for hydroxylation is 2. The highest BCUT2D eigenvalue weighted by Crippen LogP contribution is 2.45. The molecule has 1 heterocycles. The third-order valence-corrected chi connectivity index (χ3v) is 6.04. The predicted octanol–water partition coefficient (Wildman–Crippen LogP) is 5.87. The molecule has 3 aromatic carbocycles. The normalized spacial score (nSPS) is 17.4. The van der Waals surface area contributed by atoms with E-state index in [-0.39, 0.29) is 27.6 Å². The average molecular weight is 484 g/mol. The van der Waals surface area contributed by atoms with Gasteiger partial charge in [-0.1, -0.05) is 35.9 Å². The molecule has 1 aliphatic rings. The first kappa shape index (κ1) is 23.4. The molecule has 1 N–H and O–H groups in total. The van der Waals surface area contributed by atoms with Gasteiger partial charge >= 0.3 is 0 Å². The van der Waals surface area contributed by atoms with E-state index < -0.39 is 35.1 Å². The maximum Gasteiger partial charge on any atom is 0.300 e. The summed E-state index contributed by atoms with van der Waals surface area (Å²) in [6.45, 7) is 3.53. The van der Waals surface area contributed by atoms with Gasteiger partial charge in [-0.25, -0.2) is 8.78 Å². The van der Waals surface area contributed by atoms with Crippen LogP contribution < -0.4 is 9.64 Å². The molecule has 0 aromatic heterocycles. The summed E-state index contributed by atoms with van der Waals surface area (Å²) in [4.78, 5) is 27.5. The number of ether oxygens (including phenoxy) is 1. The average Bonchev–Trinajstić information content (AvgIpc) is 3.05. The van der Waals surface area contributed by atoms with Gasteiger partial charge in [0.2, 0.25) is 0 Å². The molecular formula is C26H20ClF2NO4. The lowest BCUT2D eigenvalue weighted by Crippen LogP contribution is -2.30. The quantitative estimate of drug-likeness (QED) is 0.286. The third-order valence-electron chi connectivity index (χ3n) is 5.76. The first-order valence-corrected chi connectivity index (χ1v) is 10.7. The molecule has 0 radical (unpaired) electrons. The van der Waals surface area contributed by atoms with Crippen molar-refractivity contribution in [2.75, 3.05) is 12.0 Å². The summed E-state index contributed by atoms with van der Waals surface area (Å²) < 4.78 is 33.0. The highest BCUT2D eigenvalue weighted by Gasteiger charge is 2.47. The van der Waals surface area contributed by atoms with Gasteiger partial charge in [0, 0.05) is 11.8 Å². The van der Waals surface area contributed by atoms with E-state index in [1.807, 2.05) is 0 Å². The number of methoxy groups -OCH3 is 1. The van der Waals surface area contributed by atoms with Crippen molar-refractivity contribution in [1.82, 2.24) is 0 Å². The van der Waals surface area contributed by atoms with Crippen molar-refractivity contribution in [3.05, 3.63) is 99.1 Å². The number of ketones is 1. The van der Waals surface area contributed by atoms with Crippen molar-refractivity contribution in [2.45, 2.75) is 19.9 Å². The predicted molar refractivity (Wildman–Crippen MR) is 125 cm³/mol. The highest BCUT2D eigenvalue weighted by atomic mass is 35.5. The number of hydrogen-bond donors (Lipinski definition) is 1. The van der Waals surface area contributed by atoms with E-state index in [4.69, 9.17) is 16.3 Å². The van der Waals surface area contributed by atoms with Crippen LogP contribution in [0.3, 0.4) is 0 Å². The van der Waals surface area contributed by atoms with Crippen LogP contribution in [0.4, 0.5) is 14.5 Å². The standard InChI is InChI=1S/C26H20ClF2NO4/c1-13-10-17(25(34-3)18(27)11-13)23(31)21-22(16-7-5-4-6-14(16)2)30(26(33)24(21)32)15-8-9-19(28)20(29)12-15/h4-12,22,31H,1-3H3/b23-21+. The molecule has 3 aromatic rings. The summed E-state index contributed by atoms with van der Waals surface area (Å²) in [6, 6.07) is 12.0. The van der Waals surface area contributed by atoms with Gasteiger partial charge in [-0.05, 0) is 54.8 Å². The largest absolute Gasteiger partial charge is 0.507 e. The monoisotopic (exact) mass is 483 g/mol. The number of halogens is 3. The zero-order chi connectivity index (χ0) is 24.7. The van der Waals surface area contributed by atoms with Crippen molar-refractivity contribution < 1.29 is 28.2 Å². The number of hydrogen-bond acceptors (Lipinski definition) is 4. The third kappa shape index (κ3) is 3.82. The Bertz CT molecular complexity index is 1370. The lowest BCUT2D eigenvalue weighted by atomic mass is 9.92. The Labute approximate surface area is 199 Å². The molecule has 0 bridgehead atoms. The summed E-state index contributed by atoms with van der Waals surface area (Å²) in [5.41, 5.74) is 1.84. The van der Waals surface area contributed by atoms with Crippen LogP contribution >= 0.6 is 11.6 Å². The molecule has 4 rings (SSSR count). The number of amides is 1. The van der Waals surface area contributed by atoms with E-state index in [9.17, 15) is 23.5 Å². The number of anilines is 1. The van der Waals surface area contributed by atoms with Crippen LogP contribution in [0, 0.1) is 25.5 Å². The van der Waals surface area contributed by atoms with Crippen LogP contribution in [0.2, 0.25) is 5.02 Å². The molecule has 0 aliphatic carbocycles. The molecule has 1 saturated heterocycles. The molecule has 1 aliphatic heterocycles. The molecule has 174 valence electrons. The molecular weight excluding hydrogens is 464 g/mol. The maximum atomic E-state index is 14.1. The van der Waals surface area contributed by atoms with Gasteiger partial charge in [-0.3, -0.25) is 14.5 Å². The van der Waals surface area contributed by atoms with E-state index in [1.165, 1.54) is 13.2 Å². The van der Waals surface area contributed by atoms with Crippen LogP contribution in [0.15, 0.2) is 60.2 Å². The Morgan fingerprint density at radius 3 is 2.38 bits per heavy atom. The van der Waals surface area contributed by atoms with Crippen LogP contribution in [-0.4, -0.2) is 23.9 Å². The maximum absolute atomic E-state index is 14.1. The molecule has 1 fully saturated rings. The van der Waals surface area contributed by atoms with E-state index in [2.05, 4.69) is 0 Å². The second-order valence-corrected chi connectivity index (χ2v) is 8.36. The molecule has 1 amide bonds. The topological polar surface area (TPSA) is 66.8 Å². The van der Waals surface area contributed by atoms with Gasteiger partial charge in [0.05, 0.1) is 29.3 Å². The van der Waals surface area contributed by atoms with Crippen LogP contribution in [0.5, 0.6) is 5.75 Å². The van der Waals surface area contributed by atoms with Crippen molar-refractivity contribution >= 4 is 34.7 Å². The van der Waals surface area contributed by atoms with Gasteiger partial charge in [0.15, 0.2) is 11.6 Å². The Hall–Kier alpha value is -3.71. The summed E-state index contributed by atoms with van der Waals surface area (Å²) in [5.74, 6) is -4.58. The van der Waals surface area contributed by atoms with Gasteiger partial charge in [-0.2, -0.15) is 0 Å². The second kappa shape index (κ2) is 8.91. The van der Waals surface area contributed by atoms with Crippen LogP contribution in [-0.2, 0) is 9.59 Å². The number of carbonyl (C=O) groups excluding carboxylic acids is 2. The lowest BCUT2D eigenvalue weighted by molar-refractivity contribution is -0.132. The molecule has 0 saturated carbocycles. The number of aliphatic hydroxyl groups excluding tert-OH is 1. The lowest BCUT2D eigenvalue weighted by Gasteiger charge is -2.27. The summed E-state index contributed by atoms with van der Waals surface area (Å²) in [6.07, 6.45) is 0. The minimum atomic E-state index is -1.17. The number of rotatable bonds is 4. The second-order valence-electron chi connectivity index (χ2n) is 7.95. The van der Waals surface area contributed by atoms with Crippen molar-refractivity contribution in [3.63, 3.8) is 0 Å². The van der Waals surface area contributed by atoms with E-state index in [0.717, 1.165) is 22.6 Å². The molecule has 1 unspecified atom stereocenters. The van der Waals surface area contributed by atoms with Gasteiger partial charge in [0.1, 0.15) is 11.5 Å². The van der Waals surface area contributed by atoms with Gasteiger partial charge in [-0.15, -0.1) is 0 Å². The first-order valence-electron chi connectivity index (χ1n) is 10.3. The first-order chi connectivity index (χ1) is 16.1. The van der Waals surface area contributed by atoms with Crippen molar-refractivity contribution in [2.24, 2.45) is 0 Å². The molecule has 5 nitrogen and oxygen atoms in total. The summed E-state index contributed by atoms with van der Waals surface area (Å²) >= 11 is 6.29. The Kier molecular flexibility index (Phi) is 6.15. The van der Waals surface area contributed by atoms with Crippen LogP contribution in [0.25, 0.3) is 5.76 Å². The minimum Gasteiger partial charge on any atom is -0.507 e. The zero-order valence-corrected chi connectivity index (χ0v) is 19.3. The Morgan fingerprint density at radius 1 is 1.03 bits per heavy atom. The fourth-order valence-electron chi connectivity index (χ4n) is 4.18. The molecule has 8 heteroatoms. The molecule has 1 atom stereocenters. The summed E-state index contributed by atoms with van der Waals surface area (Å²) in [7, 11) is 1.37. The van der Waals surface area contributed by atoms with Gasteiger partial charge < -0.3 is 9.84 Å². The number of Topliss-reactive ketones (excluding diaryl/α,β-unsaturated/α-hetero) is 1. The van der Waals surface area contributed by atoms with Crippen molar-refractivity contribution in [3.8, 4) is 5.75 Å². The number of aliphatic hydroxyl groups is 1. The smallest absolute Gasteiger partial charge is 0.300 e. The fourth-order valence-corrected chi connectivity index (χ4v) is 4.53. The van der Waals surface area contributed by atoms with E-state index in [1.54, 1.807) is 50.2 Å². The van der Waals surface area contributed by atoms with Gasteiger partial charge in [0.25, 0.3) is 11.7 Å². The minimum absolute atomic E-state index is 0.0254. The SMILES string of the molecule is COc1c(Cl)cc(C)cc1/C(O)=C1\C(=O)C(=O)N(c2ccc(F)c(F)c2)C1c1ccccc1C. The Morgan fingerprint density at radius 2 is 1.74 bits per heavy atom. The zero-order valence-electron chi connectivity index (χ0n) is 18.5. The number of nitrogens with zero attached hydrogens (tertiary/aromatic N) is 1. The highest BCUT2D eigenvalue weighted by molar-refractivity contribution is 6.51. The molecule has 34 heavy (non-hydrogen) atoms. The fraction of sp³-hybridized carbons (Fsp3) is 0.154. The summed E-state index contributed by atoms with van der Waals surface area (Å²) in [5, 5.41) is 11.6. The van der Waals surface area contributed by atoms with E-state index in [0.29, 0.717) is 11.1 Å². The van der Waals surface area contributed by atoms with Crippen molar-refractivity contribution in [1.29, 1.82) is 0 Å². The number of benzene rings is 3. The number of carbonyl (C=O) groups is 2. The van der Waals surface area contributed by atoms with Crippen LogP contribution in [0.1, 0.15) is 28.3 Å².